The zero-order valence-electron chi connectivity index (χ0n) is 14.6. The molecule has 27 heavy (non-hydrogen) atoms. The van der Waals surface area contributed by atoms with Crippen LogP contribution < -0.4 is 5.73 Å². The Morgan fingerprint density at radius 2 is 1.70 bits per heavy atom. The second kappa shape index (κ2) is 5.89. The monoisotopic (exact) mass is 383 g/mol. The zero-order valence-corrected chi connectivity index (χ0v) is 14.6. The van der Waals surface area contributed by atoms with Gasteiger partial charge in [0, 0.05) is 25.7 Å². The van der Waals surface area contributed by atoms with E-state index in [-0.39, 0.29) is 5.70 Å². The number of fused-ring (bicyclic) bond motifs is 3. The lowest BCUT2D eigenvalue weighted by Crippen LogP contribution is -2.46. The molecule has 0 aromatic carbocycles. The molecule has 5 unspecified atom stereocenters. The summed E-state index contributed by atoms with van der Waals surface area (Å²) in [6.07, 6.45) is -1.53. The fraction of sp³-hybridized carbons (Fsp3) is 0.765. The number of ether oxygens (including phenoxy) is 7. The second-order valence-electron chi connectivity index (χ2n) is 7.44. The largest absolute Gasteiger partial charge is 0.454 e. The van der Waals surface area contributed by atoms with Crippen molar-refractivity contribution in [1.29, 1.82) is 0 Å². The van der Waals surface area contributed by atoms with Crippen LogP contribution in [0.15, 0.2) is 12.3 Å². The summed E-state index contributed by atoms with van der Waals surface area (Å²) in [5.41, 5.74) is 5.00. The van der Waals surface area contributed by atoms with Crippen LogP contribution in [0.25, 0.3) is 0 Å². The maximum Gasteiger partial charge on any atom is 0.354 e. The van der Waals surface area contributed by atoms with Gasteiger partial charge in [0.25, 0.3) is 0 Å². The number of esters is 2. The van der Waals surface area contributed by atoms with E-state index < -0.39 is 54.2 Å². The fourth-order valence-electron chi connectivity index (χ4n) is 4.41. The van der Waals surface area contributed by atoms with E-state index in [9.17, 15) is 9.59 Å². The van der Waals surface area contributed by atoms with E-state index in [1.807, 2.05) is 0 Å². The van der Waals surface area contributed by atoms with Crippen molar-refractivity contribution in [2.75, 3.05) is 13.2 Å². The van der Waals surface area contributed by atoms with Crippen molar-refractivity contribution in [3.63, 3.8) is 0 Å². The molecule has 10 heteroatoms. The molecule has 2 N–H and O–H groups in total. The molecule has 148 valence electrons. The summed E-state index contributed by atoms with van der Waals surface area (Å²) >= 11 is 0. The SMILES string of the molecule is C=C(N)C(=O)OC1C(=O)OC2C3OC4(CCC5(CC4)OCCO5)OC3OC12. The molecule has 2 spiro atoms. The van der Waals surface area contributed by atoms with Crippen LogP contribution in [-0.4, -0.2) is 67.4 Å². The van der Waals surface area contributed by atoms with Crippen molar-refractivity contribution in [1.82, 2.24) is 0 Å². The highest BCUT2D eigenvalue weighted by atomic mass is 16.9. The first-order chi connectivity index (χ1) is 12.9. The lowest BCUT2D eigenvalue weighted by atomic mass is 9.89. The summed E-state index contributed by atoms with van der Waals surface area (Å²) in [6, 6.07) is 0. The minimum atomic E-state index is -1.22. The van der Waals surface area contributed by atoms with Crippen molar-refractivity contribution in [3.8, 4) is 0 Å². The first-order valence-corrected chi connectivity index (χ1v) is 9.05. The molecular weight excluding hydrogens is 362 g/mol. The van der Waals surface area contributed by atoms with Gasteiger partial charge in [0.05, 0.1) is 13.2 Å². The molecule has 0 amide bonds. The number of rotatable bonds is 2. The first kappa shape index (κ1) is 17.4. The van der Waals surface area contributed by atoms with E-state index in [1.54, 1.807) is 0 Å². The third-order valence-corrected chi connectivity index (χ3v) is 5.76. The van der Waals surface area contributed by atoms with E-state index in [0.717, 1.165) is 0 Å². The Hall–Kier alpha value is -1.72. The topological polar surface area (TPSA) is 125 Å². The maximum absolute atomic E-state index is 12.1. The third-order valence-electron chi connectivity index (χ3n) is 5.76. The summed E-state index contributed by atoms with van der Waals surface area (Å²) in [6.45, 7) is 4.48. The Kier molecular flexibility index (Phi) is 3.79. The van der Waals surface area contributed by atoms with Gasteiger partial charge in [-0.1, -0.05) is 6.58 Å². The molecule has 5 fully saturated rings. The van der Waals surface area contributed by atoms with Crippen LogP contribution in [0.4, 0.5) is 0 Å². The smallest absolute Gasteiger partial charge is 0.354 e. The van der Waals surface area contributed by atoms with Crippen LogP contribution >= 0.6 is 0 Å². The molecule has 0 aromatic rings. The van der Waals surface area contributed by atoms with Gasteiger partial charge in [0.2, 0.25) is 6.10 Å². The first-order valence-electron chi connectivity index (χ1n) is 9.05. The molecule has 1 saturated carbocycles. The van der Waals surface area contributed by atoms with E-state index in [4.69, 9.17) is 38.9 Å². The van der Waals surface area contributed by atoms with Crippen molar-refractivity contribution < 1.29 is 42.7 Å². The van der Waals surface area contributed by atoms with E-state index in [0.29, 0.717) is 38.9 Å². The highest BCUT2D eigenvalue weighted by Crippen LogP contribution is 2.50. The van der Waals surface area contributed by atoms with Crippen LogP contribution in [0.1, 0.15) is 25.7 Å². The standard InChI is InChI=1S/C17H21NO9/c1-8(18)13(19)24-11-9-10(23-14(11)20)12-15(25-9)27-17(26-12)4-2-16(3-5-17)21-6-7-22-16/h9-12,15H,1-7,18H2. The van der Waals surface area contributed by atoms with Crippen molar-refractivity contribution in [2.24, 2.45) is 5.73 Å². The third kappa shape index (κ3) is 2.66. The summed E-state index contributed by atoms with van der Waals surface area (Å²) in [5, 5.41) is 0. The predicted molar refractivity (Wildman–Crippen MR) is 83.5 cm³/mol. The molecule has 4 aliphatic heterocycles. The lowest BCUT2D eigenvalue weighted by Gasteiger charge is -2.40. The maximum atomic E-state index is 12.1. The second-order valence-corrected chi connectivity index (χ2v) is 7.44. The van der Waals surface area contributed by atoms with Crippen LogP contribution in [0.3, 0.4) is 0 Å². The Morgan fingerprint density at radius 1 is 1.04 bits per heavy atom. The molecule has 5 aliphatic rings. The minimum Gasteiger partial charge on any atom is -0.454 e. The van der Waals surface area contributed by atoms with Gasteiger partial charge in [-0.2, -0.15) is 0 Å². The molecule has 5 atom stereocenters. The molecule has 1 aliphatic carbocycles. The number of hydrogen-bond acceptors (Lipinski definition) is 10. The van der Waals surface area contributed by atoms with Gasteiger partial charge in [-0.15, -0.1) is 0 Å². The Labute approximate surface area is 154 Å². The number of hydrogen-bond donors (Lipinski definition) is 1. The summed E-state index contributed by atoms with van der Waals surface area (Å²) < 4.78 is 39.9. The van der Waals surface area contributed by atoms with Crippen LogP contribution in [0.5, 0.6) is 0 Å². The molecule has 5 rings (SSSR count). The average molecular weight is 383 g/mol. The molecule has 0 radical (unpaired) electrons. The predicted octanol–water partition coefficient (Wildman–Crippen LogP) is -0.550. The number of carbonyl (C=O) groups is 2. The summed E-state index contributed by atoms with van der Waals surface area (Å²) in [5.74, 6) is -2.93. The van der Waals surface area contributed by atoms with Gasteiger partial charge in [-0.25, -0.2) is 9.59 Å². The van der Waals surface area contributed by atoms with Gasteiger partial charge in [-0.3, -0.25) is 0 Å². The van der Waals surface area contributed by atoms with Gasteiger partial charge >= 0.3 is 11.9 Å². The molecule has 4 saturated heterocycles. The quantitative estimate of drug-likeness (QED) is 0.490. The molecule has 4 heterocycles. The fourth-order valence-corrected chi connectivity index (χ4v) is 4.41. The Bertz CT molecular complexity index is 678. The van der Waals surface area contributed by atoms with Gasteiger partial charge in [-0.05, 0) is 0 Å². The van der Waals surface area contributed by atoms with Crippen LogP contribution in [0.2, 0.25) is 0 Å². The van der Waals surface area contributed by atoms with Gasteiger partial charge < -0.3 is 38.9 Å². The molecular formula is C17H21NO9. The molecule has 10 nitrogen and oxygen atoms in total. The molecule has 0 aromatic heterocycles. The Balaban J connectivity index is 1.25. The van der Waals surface area contributed by atoms with Gasteiger partial charge in [0.1, 0.15) is 11.8 Å². The Morgan fingerprint density at radius 3 is 2.37 bits per heavy atom. The van der Waals surface area contributed by atoms with Crippen molar-refractivity contribution >= 4 is 11.9 Å². The van der Waals surface area contributed by atoms with Crippen molar-refractivity contribution in [2.45, 2.75) is 68.0 Å². The van der Waals surface area contributed by atoms with Gasteiger partial charge in [0.15, 0.2) is 30.1 Å². The normalized spacial score (nSPS) is 40.7. The molecule has 0 bridgehead atoms. The summed E-state index contributed by atoms with van der Waals surface area (Å²) in [4.78, 5) is 23.7. The number of nitrogens with two attached hydrogens (primary N) is 1. The lowest BCUT2D eigenvalue weighted by molar-refractivity contribution is -0.282. The van der Waals surface area contributed by atoms with Crippen molar-refractivity contribution in [3.05, 3.63) is 12.3 Å². The van der Waals surface area contributed by atoms with E-state index >= 15 is 0 Å². The number of carbonyl (C=O) groups excluding carboxylic acids is 2. The van der Waals surface area contributed by atoms with Crippen LogP contribution in [-0.2, 0) is 42.7 Å². The minimum absolute atomic E-state index is 0.302. The average Bonchev–Trinajstić information content (AvgIpc) is 3.36. The summed E-state index contributed by atoms with van der Waals surface area (Å²) in [7, 11) is 0. The highest BCUT2D eigenvalue weighted by molar-refractivity contribution is 5.90. The van der Waals surface area contributed by atoms with E-state index in [1.165, 1.54) is 0 Å². The van der Waals surface area contributed by atoms with E-state index in [2.05, 4.69) is 6.58 Å². The zero-order chi connectivity index (χ0) is 18.8. The highest BCUT2D eigenvalue weighted by Gasteiger charge is 2.66. The van der Waals surface area contributed by atoms with Crippen LogP contribution in [0, 0.1) is 0 Å².